The van der Waals surface area contributed by atoms with E-state index in [1.54, 1.807) is 5.56 Å². The molecule has 0 N–H and O–H groups in total. The van der Waals surface area contributed by atoms with Crippen LogP contribution in [0.2, 0.25) is 0 Å². The van der Waals surface area contributed by atoms with E-state index in [1.165, 1.54) is 102 Å². The molecule has 2 saturated heterocycles. The van der Waals surface area contributed by atoms with Crippen molar-refractivity contribution in [1.82, 2.24) is 14.7 Å². The Balaban J connectivity index is 1.36. The van der Waals surface area contributed by atoms with Gasteiger partial charge in [0.1, 0.15) is 0 Å². The lowest BCUT2D eigenvalue weighted by molar-refractivity contribution is 0.103. The summed E-state index contributed by atoms with van der Waals surface area (Å²) in [6.07, 6.45) is 10.5. The molecule has 3 heteroatoms. The van der Waals surface area contributed by atoms with Crippen molar-refractivity contribution in [2.45, 2.75) is 85.6 Å². The molecule has 0 bridgehead atoms. The molecule has 0 saturated carbocycles. The zero-order chi connectivity index (χ0) is 22.8. The second-order valence-corrected chi connectivity index (χ2v) is 10.6. The fourth-order valence-corrected chi connectivity index (χ4v) is 6.05. The minimum Gasteiger partial charge on any atom is -0.303 e. The molecule has 2 heterocycles. The minimum atomic E-state index is 0.910. The van der Waals surface area contributed by atoms with E-state index in [1.807, 2.05) is 0 Å². The predicted molar refractivity (Wildman–Crippen MR) is 139 cm³/mol. The van der Waals surface area contributed by atoms with Crippen LogP contribution in [-0.4, -0.2) is 67.1 Å². The molecule has 0 aromatic heterocycles. The first kappa shape index (κ1) is 25.7. The van der Waals surface area contributed by atoms with Crippen molar-refractivity contribution in [2.24, 2.45) is 11.8 Å². The zero-order valence-electron chi connectivity index (χ0n) is 21.7. The maximum Gasteiger partial charge on any atom is 0.0233 e. The van der Waals surface area contributed by atoms with Crippen molar-refractivity contribution in [2.75, 3.05) is 52.4 Å². The van der Waals surface area contributed by atoms with Crippen molar-refractivity contribution in [3.63, 3.8) is 0 Å². The summed E-state index contributed by atoms with van der Waals surface area (Å²) in [5, 5.41) is 0. The molecule has 182 valence electrons. The topological polar surface area (TPSA) is 9.72 Å². The van der Waals surface area contributed by atoms with Gasteiger partial charge in [0.15, 0.2) is 0 Å². The van der Waals surface area contributed by atoms with E-state index in [0.29, 0.717) is 0 Å². The Morgan fingerprint density at radius 3 is 1.94 bits per heavy atom. The van der Waals surface area contributed by atoms with Crippen LogP contribution >= 0.6 is 0 Å². The summed E-state index contributed by atoms with van der Waals surface area (Å²) < 4.78 is 0. The molecule has 2 aliphatic rings. The second kappa shape index (κ2) is 13.7. The van der Waals surface area contributed by atoms with Crippen molar-refractivity contribution in [3.05, 3.63) is 34.9 Å². The summed E-state index contributed by atoms with van der Waals surface area (Å²) in [4.78, 5) is 8.20. The van der Waals surface area contributed by atoms with Gasteiger partial charge in [0.25, 0.3) is 0 Å². The van der Waals surface area contributed by atoms with Gasteiger partial charge in [0.05, 0.1) is 0 Å². The molecule has 0 aliphatic carbocycles. The highest BCUT2D eigenvalue weighted by atomic mass is 15.2. The quantitative estimate of drug-likeness (QED) is 0.402. The van der Waals surface area contributed by atoms with E-state index in [-0.39, 0.29) is 0 Å². The van der Waals surface area contributed by atoms with E-state index >= 15 is 0 Å². The molecule has 0 unspecified atom stereocenters. The average molecular weight is 442 g/mol. The molecule has 3 rings (SSSR count). The first-order valence-corrected chi connectivity index (χ1v) is 13.9. The number of hydrogen-bond acceptors (Lipinski definition) is 3. The Bertz CT molecular complexity index is 636. The van der Waals surface area contributed by atoms with Crippen molar-refractivity contribution in [3.8, 4) is 0 Å². The van der Waals surface area contributed by atoms with Gasteiger partial charge in [0, 0.05) is 19.6 Å². The number of piperidine rings is 2. The summed E-state index contributed by atoms with van der Waals surface area (Å²) >= 11 is 0. The fraction of sp³-hybridized carbons (Fsp3) is 0.793. The molecule has 2 aliphatic heterocycles. The summed E-state index contributed by atoms with van der Waals surface area (Å²) in [5.41, 5.74) is 4.60. The van der Waals surface area contributed by atoms with Crippen molar-refractivity contribution in [1.29, 1.82) is 0 Å². The molecule has 32 heavy (non-hydrogen) atoms. The average Bonchev–Trinajstić information content (AvgIpc) is 2.82. The van der Waals surface area contributed by atoms with Gasteiger partial charge in [0.2, 0.25) is 0 Å². The summed E-state index contributed by atoms with van der Waals surface area (Å²) in [7, 11) is 0. The van der Waals surface area contributed by atoms with E-state index in [4.69, 9.17) is 0 Å². The lowest BCUT2D eigenvalue weighted by atomic mass is 9.92. The molecule has 0 spiro atoms. The summed E-state index contributed by atoms with van der Waals surface area (Å²) in [6.45, 7) is 20.8. The minimum absolute atomic E-state index is 0.910. The molecular weight excluding hydrogens is 390 g/mol. The summed E-state index contributed by atoms with van der Waals surface area (Å²) in [5.74, 6) is 1.84. The Morgan fingerprint density at radius 1 is 0.750 bits per heavy atom. The second-order valence-electron chi connectivity index (χ2n) is 10.6. The van der Waals surface area contributed by atoms with Gasteiger partial charge in [-0.25, -0.2) is 0 Å². The third-order valence-corrected chi connectivity index (χ3v) is 7.97. The third-order valence-electron chi connectivity index (χ3n) is 7.97. The Morgan fingerprint density at radius 2 is 1.34 bits per heavy atom. The van der Waals surface area contributed by atoms with Gasteiger partial charge in [-0.2, -0.15) is 0 Å². The van der Waals surface area contributed by atoms with Crippen molar-refractivity contribution >= 4 is 0 Å². The monoisotopic (exact) mass is 441 g/mol. The van der Waals surface area contributed by atoms with E-state index < -0.39 is 0 Å². The number of benzene rings is 1. The number of hydrogen-bond donors (Lipinski definition) is 0. The Hall–Kier alpha value is -0.900. The zero-order valence-corrected chi connectivity index (χ0v) is 21.7. The van der Waals surface area contributed by atoms with Crippen molar-refractivity contribution < 1.29 is 0 Å². The van der Waals surface area contributed by atoms with Crippen LogP contribution in [0, 0.1) is 11.8 Å². The van der Waals surface area contributed by atoms with Crippen LogP contribution in [0.3, 0.4) is 0 Å². The molecule has 1 aromatic carbocycles. The lowest BCUT2D eigenvalue weighted by Crippen LogP contribution is -2.43. The summed E-state index contributed by atoms with van der Waals surface area (Å²) in [6, 6.07) is 7.21. The fourth-order valence-electron chi connectivity index (χ4n) is 6.05. The molecular formula is C29H51N3. The lowest BCUT2D eigenvalue weighted by Gasteiger charge is -2.38. The first-order valence-electron chi connectivity index (χ1n) is 13.9. The molecule has 1 aromatic rings. The van der Waals surface area contributed by atoms with Crippen LogP contribution in [0.5, 0.6) is 0 Å². The largest absolute Gasteiger partial charge is 0.303 e. The Labute approximate surface area is 199 Å². The highest BCUT2D eigenvalue weighted by Crippen LogP contribution is 2.25. The molecule has 0 radical (unpaired) electrons. The van der Waals surface area contributed by atoms with Crippen LogP contribution < -0.4 is 0 Å². The highest BCUT2D eigenvalue weighted by molar-refractivity contribution is 5.32. The molecule has 0 atom stereocenters. The first-order chi connectivity index (χ1) is 15.6. The van der Waals surface area contributed by atoms with Gasteiger partial charge < -0.3 is 9.80 Å². The smallest absolute Gasteiger partial charge is 0.0233 e. The number of rotatable bonds is 12. The van der Waals surface area contributed by atoms with Crippen LogP contribution in [0.1, 0.15) is 82.9 Å². The van der Waals surface area contributed by atoms with Crippen LogP contribution in [0.15, 0.2) is 18.2 Å². The molecule has 3 nitrogen and oxygen atoms in total. The maximum absolute atomic E-state index is 2.79. The van der Waals surface area contributed by atoms with Gasteiger partial charge in [-0.15, -0.1) is 0 Å². The number of aryl methyl sites for hydroxylation is 2. The van der Waals surface area contributed by atoms with Crippen LogP contribution in [0.4, 0.5) is 0 Å². The van der Waals surface area contributed by atoms with Crippen LogP contribution in [-0.2, 0) is 19.4 Å². The normalized spacial score (nSPS) is 19.8. The van der Waals surface area contributed by atoms with E-state index in [9.17, 15) is 0 Å². The van der Waals surface area contributed by atoms with Crippen LogP contribution in [0.25, 0.3) is 0 Å². The molecule has 2 fully saturated rings. The van der Waals surface area contributed by atoms with E-state index in [0.717, 1.165) is 31.2 Å². The van der Waals surface area contributed by atoms with Gasteiger partial charge in [-0.3, -0.25) is 4.90 Å². The van der Waals surface area contributed by atoms with Gasteiger partial charge in [-0.05, 0) is 119 Å². The standard InChI is InChI=1S/C29H51N3/c1-5-15-30(16-6-2)22-25-11-17-31(18-12-25)23-26-13-19-32(20-14-26)24-27-9-10-28(7-3)29(8-4)21-27/h9-10,21,25-26H,5-8,11-20,22-24H2,1-4H3. The third kappa shape index (κ3) is 7.85. The number of likely N-dealkylation sites (tertiary alicyclic amines) is 2. The maximum atomic E-state index is 2.79. The van der Waals surface area contributed by atoms with Gasteiger partial charge in [-0.1, -0.05) is 45.9 Å². The Kier molecular flexibility index (Phi) is 11.0. The molecule has 0 amide bonds. The highest BCUT2D eigenvalue weighted by Gasteiger charge is 2.25. The predicted octanol–water partition coefficient (Wildman–Crippen LogP) is 5.86. The number of nitrogens with zero attached hydrogens (tertiary/aromatic N) is 3. The van der Waals surface area contributed by atoms with E-state index in [2.05, 4.69) is 60.6 Å². The van der Waals surface area contributed by atoms with Gasteiger partial charge >= 0.3 is 0 Å². The SMILES string of the molecule is CCCN(CCC)CC1CCN(CC2CCN(Cc3ccc(CC)c(CC)c3)CC2)CC1.